The lowest BCUT2D eigenvalue weighted by molar-refractivity contribution is 0.148. The molecule has 0 bridgehead atoms. The molecule has 4 unspecified atom stereocenters. The van der Waals surface area contributed by atoms with Crippen molar-refractivity contribution in [3.8, 4) is 6.07 Å². The lowest BCUT2D eigenvalue weighted by Gasteiger charge is -2.35. The summed E-state index contributed by atoms with van der Waals surface area (Å²) in [5.41, 5.74) is 12.1. The van der Waals surface area contributed by atoms with Gasteiger partial charge < -0.3 is 10.6 Å². The van der Waals surface area contributed by atoms with E-state index in [0.29, 0.717) is 23.2 Å². The number of hydrogen-bond acceptors (Lipinski definition) is 6. The maximum Gasteiger partial charge on any atom is 0.151 e. The number of hydrogen-bond donors (Lipinski definition) is 1. The fourth-order valence-electron chi connectivity index (χ4n) is 7.89. The Morgan fingerprint density at radius 1 is 1.02 bits per heavy atom. The molecule has 0 aliphatic carbocycles. The van der Waals surface area contributed by atoms with E-state index in [1.54, 1.807) is 0 Å². The highest BCUT2D eigenvalue weighted by Gasteiger charge is 2.53. The molecule has 4 heterocycles. The minimum Gasteiger partial charge on any atom is -0.398 e. The Kier molecular flexibility index (Phi) is 15.8. The van der Waals surface area contributed by atoms with Crippen LogP contribution in [0.2, 0.25) is 0 Å². The van der Waals surface area contributed by atoms with Gasteiger partial charge >= 0.3 is 0 Å². The quantitative estimate of drug-likeness (QED) is 0.311. The molecule has 3 aliphatic heterocycles. The van der Waals surface area contributed by atoms with Gasteiger partial charge in [0.05, 0.1) is 16.8 Å². The van der Waals surface area contributed by atoms with Crippen molar-refractivity contribution in [1.82, 2.24) is 14.9 Å². The molecule has 0 radical (unpaired) electrons. The van der Waals surface area contributed by atoms with Gasteiger partial charge in [-0.05, 0) is 87.8 Å². The standard InChI is InChI=1S/C33H48N6.3C2H6/c1-6-11-26-29(18-24(4)30-23(3)12-13-28(35)27(30)20-34)36-32(37-31(26)38-16-9-7-8-10-17-38)33-15-14-25(5)39(33)21-22(2)19-33;3*1-2/h12-13,22,24-25H,6-11,14-19,21,35H2,1-5H3;3*1-2H3. The molecule has 6 nitrogen and oxygen atoms in total. The molecule has 1 aromatic heterocycles. The molecule has 252 valence electrons. The average Bonchev–Trinajstić information content (AvgIpc) is 3.41. The van der Waals surface area contributed by atoms with Crippen molar-refractivity contribution in [2.45, 2.75) is 158 Å². The largest absolute Gasteiger partial charge is 0.398 e. The number of rotatable bonds is 7. The average molecular weight is 619 g/mol. The van der Waals surface area contributed by atoms with Gasteiger partial charge in [-0.2, -0.15) is 5.26 Å². The van der Waals surface area contributed by atoms with Crippen LogP contribution in [0.3, 0.4) is 0 Å². The van der Waals surface area contributed by atoms with Crippen LogP contribution in [-0.2, 0) is 18.4 Å². The monoisotopic (exact) mass is 619 g/mol. The first kappa shape index (κ1) is 38.5. The van der Waals surface area contributed by atoms with E-state index in [9.17, 15) is 5.26 Å². The van der Waals surface area contributed by atoms with Crippen molar-refractivity contribution in [1.29, 1.82) is 5.26 Å². The normalized spacial score (nSPS) is 23.2. The third-order valence-corrected chi connectivity index (χ3v) is 9.74. The summed E-state index contributed by atoms with van der Waals surface area (Å²) >= 11 is 0. The molecular formula is C39H66N6. The fourth-order valence-corrected chi connectivity index (χ4v) is 7.89. The van der Waals surface area contributed by atoms with Gasteiger partial charge in [-0.3, -0.25) is 4.90 Å². The molecule has 6 heteroatoms. The van der Waals surface area contributed by atoms with Gasteiger partial charge in [-0.1, -0.05) is 87.6 Å². The van der Waals surface area contributed by atoms with E-state index in [4.69, 9.17) is 15.7 Å². The zero-order valence-corrected chi connectivity index (χ0v) is 30.9. The Hall–Kier alpha value is -2.65. The van der Waals surface area contributed by atoms with Crippen LogP contribution in [-0.4, -0.2) is 40.5 Å². The van der Waals surface area contributed by atoms with Crippen molar-refractivity contribution >= 4 is 11.5 Å². The first-order valence-corrected chi connectivity index (χ1v) is 18.5. The molecule has 3 fully saturated rings. The van der Waals surface area contributed by atoms with Gasteiger partial charge in [-0.25, -0.2) is 9.97 Å². The van der Waals surface area contributed by atoms with Gasteiger partial charge in [0, 0.05) is 36.9 Å². The SMILES string of the molecule is CC.CC.CC.CCCc1c(CC(C)c2c(C)ccc(N)c2C#N)nc(C23CCC(C)N2CC(C)C3)nc1N1CCCCCC1. The maximum atomic E-state index is 9.99. The van der Waals surface area contributed by atoms with Crippen LogP contribution in [0.1, 0.15) is 160 Å². The van der Waals surface area contributed by atoms with E-state index in [1.807, 2.05) is 47.6 Å². The highest BCUT2D eigenvalue weighted by Crippen LogP contribution is 2.51. The number of nitriles is 1. The topological polar surface area (TPSA) is 82.1 Å². The lowest BCUT2D eigenvalue weighted by Crippen LogP contribution is -2.41. The smallest absolute Gasteiger partial charge is 0.151 e. The fraction of sp³-hybridized carbons (Fsp3) is 0.718. The summed E-state index contributed by atoms with van der Waals surface area (Å²) in [6.07, 6.45) is 11.4. The van der Waals surface area contributed by atoms with E-state index < -0.39 is 0 Å². The van der Waals surface area contributed by atoms with Crippen molar-refractivity contribution < 1.29 is 0 Å². The molecule has 2 aromatic rings. The number of fused-ring (bicyclic) bond motifs is 1. The Bertz CT molecular complexity index is 1230. The van der Waals surface area contributed by atoms with E-state index in [0.717, 1.165) is 68.7 Å². The predicted octanol–water partition coefficient (Wildman–Crippen LogP) is 9.72. The Morgan fingerprint density at radius 2 is 1.67 bits per heavy atom. The van der Waals surface area contributed by atoms with Crippen molar-refractivity contribution in [2.24, 2.45) is 5.92 Å². The minimum absolute atomic E-state index is 0.0485. The molecule has 5 rings (SSSR count). The summed E-state index contributed by atoms with van der Waals surface area (Å²) in [6.45, 7) is 26.7. The van der Waals surface area contributed by atoms with Gasteiger partial charge in [0.25, 0.3) is 0 Å². The van der Waals surface area contributed by atoms with Crippen LogP contribution < -0.4 is 10.6 Å². The molecule has 2 N–H and O–H groups in total. The van der Waals surface area contributed by atoms with Crippen LogP contribution in [0.15, 0.2) is 12.1 Å². The first-order chi connectivity index (χ1) is 21.8. The maximum absolute atomic E-state index is 9.99. The minimum atomic E-state index is -0.0485. The number of nitrogen functional groups attached to an aromatic ring is 1. The number of nitrogens with zero attached hydrogens (tertiary/aromatic N) is 5. The number of aromatic nitrogens is 2. The molecule has 45 heavy (non-hydrogen) atoms. The summed E-state index contributed by atoms with van der Waals surface area (Å²) in [6, 6.07) is 6.90. The van der Waals surface area contributed by atoms with Crippen LogP contribution >= 0.6 is 0 Å². The first-order valence-electron chi connectivity index (χ1n) is 18.5. The van der Waals surface area contributed by atoms with Crippen LogP contribution in [0.4, 0.5) is 11.5 Å². The van der Waals surface area contributed by atoms with Gasteiger partial charge in [0.1, 0.15) is 11.9 Å². The summed E-state index contributed by atoms with van der Waals surface area (Å²) in [5.74, 6) is 3.05. The van der Waals surface area contributed by atoms with Gasteiger partial charge in [-0.15, -0.1) is 0 Å². The molecular weight excluding hydrogens is 552 g/mol. The number of aryl methyl sites for hydroxylation is 1. The van der Waals surface area contributed by atoms with Crippen molar-refractivity contribution in [2.75, 3.05) is 30.3 Å². The third kappa shape index (κ3) is 8.39. The molecule has 3 aliphatic rings. The van der Waals surface area contributed by atoms with E-state index >= 15 is 0 Å². The van der Waals surface area contributed by atoms with Crippen molar-refractivity contribution in [3.05, 3.63) is 45.9 Å². The highest BCUT2D eigenvalue weighted by molar-refractivity contribution is 5.61. The van der Waals surface area contributed by atoms with E-state index in [2.05, 4.69) is 56.6 Å². The predicted molar refractivity (Wildman–Crippen MR) is 194 cm³/mol. The van der Waals surface area contributed by atoms with E-state index in [-0.39, 0.29) is 11.5 Å². The van der Waals surface area contributed by atoms with Crippen molar-refractivity contribution in [3.63, 3.8) is 0 Å². The zero-order chi connectivity index (χ0) is 33.7. The molecule has 0 saturated carbocycles. The lowest BCUT2D eigenvalue weighted by atomic mass is 9.86. The Balaban J connectivity index is 0.00000111. The van der Waals surface area contributed by atoms with Crippen LogP contribution in [0.5, 0.6) is 0 Å². The zero-order valence-electron chi connectivity index (χ0n) is 30.9. The summed E-state index contributed by atoms with van der Waals surface area (Å²) < 4.78 is 0. The number of anilines is 2. The molecule has 0 amide bonds. The molecule has 1 aromatic carbocycles. The van der Waals surface area contributed by atoms with E-state index in [1.165, 1.54) is 49.2 Å². The van der Waals surface area contributed by atoms with Gasteiger partial charge in [0.15, 0.2) is 5.82 Å². The number of nitrogens with two attached hydrogens (primary N) is 1. The van der Waals surface area contributed by atoms with Gasteiger partial charge in [0.2, 0.25) is 0 Å². The summed E-state index contributed by atoms with van der Waals surface area (Å²) in [5, 5.41) is 9.99. The highest BCUT2D eigenvalue weighted by atomic mass is 15.3. The molecule has 4 atom stereocenters. The summed E-state index contributed by atoms with van der Waals surface area (Å²) in [7, 11) is 0. The molecule has 0 spiro atoms. The Morgan fingerprint density at radius 3 is 2.27 bits per heavy atom. The van der Waals surface area contributed by atoms with Crippen LogP contribution in [0, 0.1) is 24.2 Å². The molecule has 3 saturated heterocycles. The summed E-state index contributed by atoms with van der Waals surface area (Å²) in [4.78, 5) is 16.4. The van der Waals surface area contributed by atoms with Crippen LogP contribution in [0.25, 0.3) is 0 Å². The Labute approximate surface area is 277 Å². The third-order valence-electron chi connectivity index (χ3n) is 9.74. The second kappa shape index (κ2) is 18.5. The second-order valence-corrected chi connectivity index (χ2v) is 12.8. The number of benzene rings is 1. The second-order valence-electron chi connectivity index (χ2n) is 12.8.